The predicted molar refractivity (Wildman–Crippen MR) is 91.3 cm³/mol. The van der Waals surface area contributed by atoms with Gasteiger partial charge in [-0.2, -0.15) is 0 Å². The zero-order valence-electron chi connectivity index (χ0n) is 13.8. The molecule has 5 heteroatoms. The fourth-order valence-electron chi connectivity index (χ4n) is 2.46. The second kappa shape index (κ2) is 8.15. The first-order valence-electron chi connectivity index (χ1n) is 7.79. The number of carboxylic acids is 1. The van der Waals surface area contributed by atoms with Gasteiger partial charge in [-0.1, -0.05) is 36.4 Å². The molecule has 0 aliphatic carbocycles. The van der Waals surface area contributed by atoms with Crippen LogP contribution in [0.1, 0.15) is 22.8 Å². The molecule has 0 aliphatic heterocycles. The van der Waals surface area contributed by atoms with Gasteiger partial charge in [0, 0.05) is 19.0 Å². The lowest BCUT2D eigenvalue weighted by Gasteiger charge is -2.25. The van der Waals surface area contributed by atoms with Crippen LogP contribution in [0.25, 0.3) is 0 Å². The lowest BCUT2D eigenvalue weighted by atomic mass is 10.0. The van der Waals surface area contributed by atoms with Crippen LogP contribution in [0, 0.1) is 0 Å². The van der Waals surface area contributed by atoms with Crippen molar-refractivity contribution in [3.63, 3.8) is 0 Å². The lowest BCUT2D eigenvalue weighted by Crippen LogP contribution is -2.43. The van der Waals surface area contributed by atoms with Gasteiger partial charge in [-0.3, -0.25) is 4.79 Å². The summed E-state index contributed by atoms with van der Waals surface area (Å²) in [6.45, 7) is 2.36. The van der Waals surface area contributed by atoms with E-state index in [9.17, 15) is 14.7 Å². The normalized spacial score (nSPS) is 11.6. The number of aliphatic carboxylic acids is 1. The molecule has 0 aromatic heterocycles. The number of carbonyl (C=O) groups excluding carboxylic acids is 1. The third-order valence-electron chi connectivity index (χ3n) is 3.74. The van der Waals surface area contributed by atoms with Crippen LogP contribution in [0.2, 0.25) is 0 Å². The van der Waals surface area contributed by atoms with Crippen molar-refractivity contribution < 1.29 is 19.4 Å². The Morgan fingerprint density at radius 2 is 1.83 bits per heavy atom. The summed E-state index contributed by atoms with van der Waals surface area (Å²) in [7, 11) is 1.51. The van der Waals surface area contributed by atoms with Crippen LogP contribution in [-0.4, -0.2) is 41.6 Å². The number of ether oxygens (including phenoxy) is 1. The second-order valence-electron chi connectivity index (χ2n) is 5.42. The van der Waals surface area contributed by atoms with Gasteiger partial charge in [-0.25, -0.2) is 4.79 Å². The monoisotopic (exact) mass is 327 g/mol. The molecule has 24 heavy (non-hydrogen) atoms. The van der Waals surface area contributed by atoms with Gasteiger partial charge in [-0.05, 0) is 30.7 Å². The van der Waals surface area contributed by atoms with E-state index < -0.39 is 12.0 Å². The van der Waals surface area contributed by atoms with Crippen LogP contribution < -0.4 is 4.74 Å². The summed E-state index contributed by atoms with van der Waals surface area (Å²) in [5.41, 5.74) is 1.27. The Morgan fingerprint density at radius 1 is 1.12 bits per heavy atom. The number of nitrogens with zero attached hydrogens (tertiary/aromatic N) is 1. The van der Waals surface area contributed by atoms with Gasteiger partial charge in [0.1, 0.15) is 11.8 Å². The summed E-state index contributed by atoms with van der Waals surface area (Å²) in [5.74, 6) is -0.790. The van der Waals surface area contributed by atoms with E-state index in [0.717, 1.165) is 5.56 Å². The van der Waals surface area contributed by atoms with E-state index >= 15 is 0 Å². The van der Waals surface area contributed by atoms with Gasteiger partial charge in [-0.15, -0.1) is 0 Å². The minimum Gasteiger partial charge on any atom is -0.494 e. The maximum atomic E-state index is 12.6. The Bertz CT molecular complexity index is 700. The first-order chi connectivity index (χ1) is 11.5. The maximum Gasteiger partial charge on any atom is 0.326 e. The number of benzene rings is 2. The number of carboxylic acid groups (broad SMARTS) is 1. The van der Waals surface area contributed by atoms with E-state index in [2.05, 4.69) is 0 Å². The van der Waals surface area contributed by atoms with Crippen LogP contribution in [0.5, 0.6) is 5.75 Å². The molecule has 0 fully saturated rings. The molecule has 0 saturated carbocycles. The largest absolute Gasteiger partial charge is 0.494 e. The molecule has 0 aliphatic rings. The van der Waals surface area contributed by atoms with Crippen molar-refractivity contribution in [2.24, 2.45) is 0 Å². The van der Waals surface area contributed by atoms with Crippen LogP contribution in [0.15, 0.2) is 54.6 Å². The molecule has 0 radical (unpaired) electrons. The Hall–Kier alpha value is -2.82. The molecule has 1 atom stereocenters. The van der Waals surface area contributed by atoms with Crippen molar-refractivity contribution in [3.05, 3.63) is 65.7 Å². The summed E-state index contributed by atoms with van der Waals surface area (Å²) in [4.78, 5) is 25.5. The molecule has 0 heterocycles. The standard InChI is InChI=1S/C19H21NO4/c1-3-24-16-11-7-10-15(13-16)18(21)20(2)17(19(22)23)12-14-8-5-4-6-9-14/h4-11,13,17H,3,12H2,1-2H3,(H,22,23). The predicted octanol–water partition coefficient (Wildman–Crippen LogP) is 2.85. The Balaban J connectivity index is 2.19. The number of rotatable bonds is 7. The molecule has 126 valence electrons. The quantitative estimate of drug-likeness (QED) is 0.849. The van der Waals surface area contributed by atoms with Crippen molar-refractivity contribution in [3.8, 4) is 5.75 Å². The molecule has 2 aromatic rings. The smallest absolute Gasteiger partial charge is 0.326 e. The lowest BCUT2D eigenvalue weighted by molar-refractivity contribution is -0.141. The molecule has 0 spiro atoms. The Morgan fingerprint density at radius 3 is 2.46 bits per heavy atom. The fraction of sp³-hybridized carbons (Fsp3) is 0.263. The van der Waals surface area contributed by atoms with Crippen molar-refractivity contribution >= 4 is 11.9 Å². The van der Waals surface area contributed by atoms with Gasteiger partial charge in [0.2, 0.25) is 0 Å². The van der Waals surface area contributed by atoms with Crippen LogP contribution >= 0.6 is 0 Å². The highest BCUT2D eigenvalue weighted by Crippen LogP contribution is 2.17. The molecule has 0 saturated heterocycles. The molecular formula is C19H21NO4. The van der Waals surface area contributed by atoms with E-state index in [-0.39, 0.29) is 12.3 Å². The summed E-state index contributed by atoms with van der Waals surface area (Å²) in [6.07, 6.45) is 0.254. The third-order valence-corrected chi connectivity index (χ3v) is 3.74. The highest BCUT2D eigenvalue weighted by Gasteiger charge is 2.27. The van der Waals surface area contributed by atoms with Gasteiger partial charge in [0.05, 0.1) is 6.61 Å². The minimum absolute atomic E-state index is 0.254. The zero-order valence-corrected chi connectivity index (χ0v) is 13.8. The first-order valence-corrected chi connectivity index (χ1v) is 7.79. The summed E-state index contributed by atoms with van der Waals surface area (Å²) in [6, 6.07) is 15.1. The first kappa shape index (κ1) is 17.5. The van der Waals surface area contributed by atoms with E-state index in [1.54, 1.807) is 24.3 Å². The molecule has 5 nitrogen and oxygen atoms in total. The zero-order chi connectivity index (χ0) is 17.5. The van der Waals surface area contributed by atoms with E-state index in [0.29, 0.717) is 17.9 Å². The third kappa shape index (κ3) is 4.35. The number of amides is 1. The minimum atomic E-state index is -1.03. The topological polar surface area (TPSA) is 66.8 Å². The molecule has 1 N–H and O–H groups in total. The maximum absolute atomic E-state index is 12.6. The molecule has 1 unspecified atom stereocenters. The summed E-state index contributed by atoms with van der Waals surface area (Å²) >= 11 is 0. The molecule has 2 aromatic carbocycles. The average Bonchev–Trinajstić information content (AvgIpc) is 2.59. The Kier molecular flexibility index (Phi) is 5.95. The van der Waals surface area contributed by atoms with Crippen molar-refractivity contribution in [2.45, 2.75) is 19.4 Å². The van der Waals surface area contributed by atoms with E-state index in [1.165, 1.54) is 11.9 Å². The van der Waals surface area contributed by atoms with E-state index in [4.69, 9.17) is 4.74 Å². The van der Waals surface area contributed by atoms with Crippen LogP contribution in [-0.2, 0) is 11.2 Å². The molecule has 2 rings (SSSR count). The number of likely N-dealkylation sites (N-methyl/N-ethyl adjacent to an activating group) is 1. The van der Waals surface area contributed by atoms with Crippen LogP contribution in [0.3, 0.4) is 0 Å². The fourth-order valence-corrected chi connectivity index (χ4v) is 2.46. The summed E-state index contributed by atoms with van der Waals surface area (Å²) in [5, 5.41) is 9.52. The van der Waals surface area contributed by atoms with E-state index in [1.807, 2.05) is 37.3 Å². The SMILES string of the molecule is CCOc1cccc(C(=O)N(C)C(Cc2ccccc2)C(=O)O)c1. The molecular weight excluding hydrogens is 306 g/mol. The van der Waals surface area contributed by atoms with Gasteiger partial charge >= 0.3 is 5.97 Å². The van der Waals surface area contributed by atoms with Gasteiger partial charge in [0.15, 0.2) is 0 Å². The number of carbonyl (C=O) groups is 2. The highest BCUT2D eigenvalue weighted by molar-refractivity contribution is 5.96. The second-order valence-corrected chi connectivity index (χ2v) is 5.42. The highest BCUT2D eigenvalue weighted by atomic mass is 16.5. The van der Waals surface area contributed by atoms with Gasteiger partial charge < -0.3 is 14.7 Å². The summed E-state index contributed by atoms with van der Waals surface area (Å²) < 4.78 is 5.39. The average molecular weight is 327 g/mol. The number of hydrogen-bond donors (Lipinski definition) is 1. The van der Waals surface area contributed by atoms with Crippen molar-refractivity contribution in [1.29, 1.82) is 0 Å². The van der Waals surface area contributed by atoms with Crippen LogP contribution in [0.4, 0.5) is 0 Å². The van der Waals surface area contributed by atoms with Crippen molar-refractivity contribution in [2.75, 3.05) is 13.7 Å². The Labute approximate surface area is 141 Å². The van der Waals surface area contributed by atoms with Crippen molar-refractivity contribution in [1.82, 2.24) is 4.90 Å². The number of hydrogen-bond acceptors (Lipinski definition) is 3. The van der Waals surface area contributed by atoms with Gasteiger partial charge in [0.25, 0.3) is 5.91 Å². The molecule has 0 bridgehead atoms. The molecule has 1 amide bonds.